The second-order valence-electron chi connectivity index (χ2n) is 7.64. The lowest BCUT2D eigenvalue weighted by atomic mass is 10.1. The topological polar surface area (TPSA) is 46.6 Å². The quantitative estimate of drug-likeness (QED) is 0.195. The van der Waals surface area contributed by atoms with E-state index in [0.29, 0.717) is 6.61 Å². The van der Waals surface area contributed by atoms with Gasteiger partial charge < -0.3 is 9.64 Å². The molecule has 0 N–H and O–H groups in total. The zero-order chi connectivity index (χ0) is 20.2. The SMILES string of the molecule is CCCCCCCCN(CCCCCCCC)C(=O)CCC(=O)OCCC. The van der Waals surface area contributed by atoms with Crippen LogP contribution in [0.2, 0.25) is 0 Å². The second kappa shape index (κ2) is 19.7. The molecule has 160 valence electrons. The first-order valence-corrected chi connectivity index (χ1v) is 11.6. The summed E-state index contributed by atoms with van der Waals surface area (Å²) in [6.07, 6.45) is 16.1. The Balaban J connectivity index is 4.18. The van der Waals surface area contributed by atoms with E-state index < -0.39 is 0 Å². The van der Waals surface area contributed by atoms with E-state index in [1.807, 2.05) is 11.8 Å². The lowest BCUT2D eigenvalue weighted by Crippen LogP contribution is -2.33. The molecule has 0 rings (SSSR count). The Morgan fingerprint density at radius 2 is 1.11 bits per heavy atom. The zero-order valence-electron chi connectivity index (χ0n) is 18.4. The molecule has 0 unspecified atom stereocenters. The standard InChI is InChI=1S/C23H45NO3/c1-4-7-9-11-13-15-19-24(20-16-14-12-10-8-5-2)22(25)17-18-23(26)27-21-6-3/h4-21H2,1-3H3. The van der Waals surface area contributed by atoms with Gasteiger partial charge in [0.25, 0.3) is 0 Å². The van der Waals surface area contributed by atoms with E-state index in [9.17, 15) is 9.59 Å². The predicted molar refractivity (Wildman–Crippen MR) is 114 cm³/mol. The van der Waals surface area contributed by atoms with Crippen molar-refractivity contribution in [3.8, 4) is 0 Å². The van der Waals surface area contributed by atoms with Gasteiger partial charge in [-0.1, -0.05) is 85.0 Å². The smallest absolute Gasteiger partial charge is 0.306 e. The van der Waals surface area contributed by atoms with Crippen LogP contribution in [0.3, 0.4) is 0 Å². The highest BCUT2D eigenvalue weighted by Crippen LogP contribution is 2.11. The third-order valence-electron chi connectivity index (χ3n) is 4.93. The number of ether oxygens (including phenoxy) is 1. The Kier molecular flexibility index (Phi) is 18.9. The van der Waals surface area contributed by atoms with Gasteiger partial charge >= 0.3 is 5.97 Å². The zero-order valence-corrected chi connectivity index (χ0v) is 18.4. The minimum absolute atomic E-state index is 0.116. The van der Waals surface area contributed by atoms with Gasteiger partial charge in [-0.3, -0.25) is 9.59 Å². The van der Waals surface area contributed by atoms with Crippen LogP contribution in [0, 0.1) is 0 Å². The van der Waals surface area contributed by atoms with Crippen molar-refractivity contribution >= 4 is 11.9 Å². The number of esters is 1. The van der Waals surface area contributed by atoms with Crippen molar-refractivity contribution in [2.24, 2.45) is 0 Å². The normalized spacial score (nSPS) is 10.8. The van der Waals surface area contributed by atoms with Crippen molar-refractivity contribution in [1.82, 2.24) is 4.90 Å². The van der Waals surface area contributed by atoms with Crippen LogP contribution in [0.15, 0.2) is 0 Å². The van der Waals surface area contributed by atoms with Crippen LogP contribution in [-0.4, -0.2) is 36.5 Å². The van der Waals surface area contributed by atoms with Gasteiger partial charge in [0.05, 0.1) is 13.0 Å². The minimum atomic E-state index is -0.246. The maximum absolute atomic E-state index is 12.6. The fraction of sp³-hybridized carbons (Fsp3) is 0.913. The van der Waals surface area contributed by atoms with E-state index in [-0.39, 0.29) is 24.7 Å². The van der Waals surface area contributed by atoms with Gasteiger partial charge in [-0.05, 0) is 19.3 Å². The van der Waals surface area contributed by atoms with Crippen molar-refractivity contribution in [3.63, 3.8) is 0 Å². The molecule has 0 aromatic heterocycles. The number of nitrogens with zero attached hydrogens (tertiary/aromatic N) is 1. The summed E-state index contributed by atoms with van der Waals surface area (Å²) in [5.74, 6) is -0.130. The molecule has 0 aromatic carbocycles. The lowest BCUT2D eigenvalue weighted by molar-refractivity contribution is -0.146. The first-order valence-electron chi connectivity index (χ1n) is 11.6. The first-order chi connectivity index (χ1) is 13.2. The molecule has 27 heavy (non-hydrogen) atoms. The van der Waals surface area contributed by atoms with Gasteiger partial charge in [-0.2, -0.15) is 0 Å². The Morgan fingerprint density at radius 3 is 1.59 bits per heavy atom. The van der Waals surface area contributed by atoms with Crippen molar-refractivity contribution < 1.29 is 14.3 Å². The van der Waals surface area contributed by atoms with E-state index in [4.69, 9.17) is 4.74 Å². The van der Waals surface area contributed by atoms with Gasteiger partial charge in [0.15, 0.2) is 0 Å². The molecule has 0 fully saturated rings. The number of carbonyl (C=O) groups excluding carboxylic acids is 2. The van der Waals surface area contributed by atoms with Crippen LogP contribution in [-0.2, 0) is 14.3 Å². The van der Waals surface area contributed by atoms with Gasteiger partial charge in [0.1, 0.15) is 0 Å². The number of hydrogen-bond donors (Lipinski definition) is 0. The number of amides is 1. The van der Waals surface area contributed by atoms with Gasteiger partial charge in [-0.15, -0.1) is 0 Å². The highest BCUT2D eigenvalue weighted by molar-refractivity contribution is 5.81. The second-order valence-corrected chi connectivity index (χ2v) is 7.64. The summed E-state index contributed by atoms with van der Waals surface area (Å²) in [6.45, 7) is 8.56. The van der Waals surface area contributed by atoms with Crippen molar-refractivity contribution in [2.45, 2.75) is 117 Å². The molecular weight excluding hydrogens is 338 g/mol. The molecule has 0 aliphatic heterocycles. The Labute approximate surface area is 168 Å². The maximum Gasteiger partial charge on any atom is 0.306 e. The monoisotopic (exact) mass is 383 g/mol. The van der Waals surface area contributed by atoms with Gasteiger partial charge in [0.2, 0.25) is 5.91 Å². The fourth-order valence-electron chi connectivity index (χ4n) is 3.18. The number of unbranched alkanes of at least 4 members (excludes halogenated alkanes) is 10. The summed E-state index contributed by atoms with van der Waals surface area (Å²) in [5, 5.41) is 0. The summed E-state index contributed by atoms with van der Waals surface area (Å²) in [6, 6.07) is 0. The van der Waals surface area contributed by atoms with E-state index >= 15 is 0 Å². The molecule has 0 spiro atoms. The van der Waals surface area contributed by atoms with Crippen LogP contribution in [0.5, 0.6) is 0 Å². The molecule has 0 atom stereocenters. The average Bonchev–Trinajstić information content (AvgIpc) is 2.68. The molecule has 0 saturated heterocycles. The van der Waals surface area contributed by atoms with Crippen LogP contribution >= 0.6 is 0 Å². The van der Waals surface area contributed by atoms with Crippen LogP contribution in [0.4, 0.5) is 0 Å². The van der Waals surface area contributed by atoms with Gasteiger partial charge in [-0.25, -0.2) is 0 Å². The third-order valence-corrected chi connectivity index (χ3v) is 4.93. The Hall–Kier alpha value is -1.06. The van der Waals surface area contributed by atoms with Crippen molar-refractivity contribution in [3.05, 3.63) is 0 Å². The molecule has 0 aliphatic rings. The van der Waals surface area contributed by atoms with Gasteiger partial charge in [0, 0.05) is 19.5 Å². The number of rotatable bonds is 19. The summed E-state index contributed by atoms with van der Waals surface area (Å²) in [4.78, 5) is 26.2. The number of hydrogen-bond acceptors (Lipinski definition) is 3. The van der Waals surface area contributed by atoms with E-state index in [0.717, 1.165) is 32.4 Å². The molecule has 0 aliphatic carbocycles. The Bertz CT molecular complexity index is 342. The van der Waals surface area contributed by atoms with E-state index in [1.165, 1.54) is 64.2 Å². The largest absolute Gasteiger partial charge is 0.466 e. The fourth-order valence-corrected chi connectivity index (χ4v) is 3.18. The maximum atomic E-state index is 12.6. The van der Waals surface area contributed by atoms with Crippen LogP contribution in [0.25, 0.3) is 0 Å². The molecule has 0 heterocycles. The summed E-state index contributed by atoms with van der Waals surface area (Å²) in [5.41, 5.74) is 0. The Morgan fingerprint density at radius 1 is 0.630 bits per heavy atom. The lowest BCUT2D eigenvalue weighted by Gasteiger charge is -2.23. The van der Waals surface area contributed by atoms with Crippen molar-refractivity contribution in [1.29, 1.82) is 0 Å². The summed E-state index contributed by atoms with van der Waals surface area (Å²) in [7, 11) is 0. The molecule has 0 saturated carbocycles. The minimum Gasteiger partial charge on any atom is -0.466 e. The molecule has 0 aromatic rings. The molecule has 0 radical (unpaired) electrons. The summed E-state index contributed by atoms with van der Waals surface area (Å²) < 4.78 is 5.08. The highest BCUT2D eigenvalue weighted by atomic mass is 16.5. The molecule has 4 nitrogen and oxygen atoms in total. The van der Waals surface area contributed by atoms with Crippen molar-refractivity contribution in [2.75, 3.05) is 19.7 Å². The first kappa shape index (κ1) is 25.9. The van der Waals surface area contributed by atoms with E-state index in [1.54, 1.807) is 0 Å². The van der Waals surface area contributed by atoms with E-state index in [2.05, 4.69) is 13.8 Å². The molecule has 1 amide bonds. The molecule has 4 heteroatoms. The molecule has 0 bridgehead atoms. The van der Waals surface area contributed by atoms with Crippen LogP contribution < -0.4 is 0 Å². The number of carbonyl (C=O) groups is 2. The average molecular weight is 384 g/mol. The summed E-state index contributed by atoms with van der Waals surface area (Å²) >= 11 is 0. The third kappa shape index (κ3) is 16.8. The predicted octanol–water partition coefficient (Wildman–Crippen LogP) is 6.27. The highest BCUT2D eigenvalue weighted by Gasteiger charge is 2.15. The molecular formula is C23H45NO3. The van der Waals surface area contributed by atoms with Crippen LogP contribution in [0.1, 0.15) is 117 Å².